The SMILES string of the molecule is C[C@@H]1CNCCN1C(=O)Nc1cccc(F)c1. The first kappa shape index (κ1) is 11.9. The Balaban J connectivity index is 2.01. The Morgan fingerprint density at radius 2 is 2.41 bits per heavy atom. The number of hydrogen-bond donors (Lipinski definition) is 2. The van der Waals surface area contributed by atoms with Crippen LogP contribution in [0.3, 0.4) is 0 Å². The second kappa shape index (κ2) is 5.14. The maximum Gasteiger partial charge on any atom is 0.322 e. The molecule has 2 N–H and O–H groups in total. The average molecular weight is 237 g/mol. The topological polar surface area (TPSA) is 44.4 Å². The number of carbonyl (C=O) groups excluding carboxylic acids is 1. The zero-order valence-corrected chi connectivity index (χ0v) is 9.74. The van der Waals surface area contributed by atoms with Crippen molar-refractivity contribution in [3.05, 3.63) is 30.1 Å². The summed E-state index contributed by atoms with van der Waals surface area (Å²) in [7, 11) is 0. The zero-order valence-electron chi connectivity index (χ0n) is 9.74. The lowest BCUT2D eigenvalue weighted by Crippen LogP contribution is -2.53. The van der Waals surface area contributed by atoms with Gasteiger partial charge in [0.2, 0.25) is 0 Å². The lowest BCUT2D eigenvalue weighted by molar-refractivity contribution is 0.177. The van der Waals surface area contributed by atoms with E-state index in [0.717, 1.165) is 13.1 Å². The maximum absolute atomic E-state index is 13.0. The third-order valence-corrected chi connectivity index (χ3v) is 2.84. The quantitative estimate of drug-likeness (QED) is 0.780. The molecule has 0 spiro atoms. The zero-order chi connectivity index (χ0) is 12.3. The monoisotopic (exact) mass is 237 g/mol. The summed E-state index contributed by atoms with van der Waals surface area (Å²) in [6.07, 6.45) is 0. The molecule has 0 aliphatic carbocycles. The predicted octanol–water partition coefficient (Wildman–Crippen LogP) is 1.65. The van der Waals surface area contributed by atoms with Crippen LogP contribution in [-0.2, 0) is 0 Å². The molecule has 1 aliphatic heterocycles. The van der Waals surface area contributed by atoms with Crippen LogP contribution < -0.4 is 10.6 Å². The number of nitrogens with one attached hydrogen (secondary N) is 2. The second-order valence-corrected chi connectivity index (χ2v) is 4.19. The third-order valence-electron chi connectivity index (χ3n) is 2.84. The van der Waals surface area contributed by atoms with E-state index >= 15 is 0 Å². The van der Waals surface area contributed by atoms with Crippen LogP contribution in [0.15, 0.2) is 24.3 Å². The normalized spacial score (nSPS) is 20.1. The van der Waals surface area contributed by atoms with Crippen molar-refractivity contribution in [2.45, 2.75) is 13.0 Å². The fraction of sp³-hybridized carbons (Fsp3) is 0.417. The number of hydrogen-bond acceptors (Lipinski definition) is 2. The van der Waals surface area contributed by atoms with E-state index in [1.807, 2.05) is 6.92 Å². The van der Waals surface area contributed by atoms with Gasteiger partial charge in [-0.25, -0.2) is 9.18 Å². The highest BCUT2D eigenvalue weighted by Crippen LogP contribution is 2.11. The molecule has 1 atom stereocenters. The first-order chi connectivity index (χ1) is 8.16. The van der Waals surface area contributed by atoms with E-state index in [1.54, 1.807) is 17.0 Å². The van der Waals surface area contributed by atoms with Crippen molar-refractivity contribution < 1.29 is 9.18 Å². The van der Waals surface area contributed by atoms with E-state index in [9.17, 15) is 9.18 Å². The lowest BCUT2D eigenvalue weighted by atomic mass is 10.2. The number of anilines is 1. The van der Waals surface area contributed by atoms with Gasteiger partial charge in [-0.1, -0.05) is 6.07 Å². The smallest absolute Gasteiger partial charge is 0.319 e. The van der Waals surface area contributed by atoms with Crippen LogP contribution in [0.5, 0.6) is 0 Å². The minimum atomic E-state index is -0.351. The molecule has 0 unspecified atom stereocenters. The molecular weight excluding hydrogens is 221 g/mol. The molecule has 4 nitrogen and oxygen atoms in total. The molecule has 17 heavy (non-hydrogen) atoms. The van der Waals surface area contributed by atoms with Gasteiger partial charge < -0.3 is 15.5 Å². The van der Waals surface area contributed by atoms with Crippen LogP contribution >= 0.6 is 0 Å². The molecule has 0 bridgehead atoms. The van der Waals surface area contributed by atoms with Gasteiger partial charge in [-0.3, -0.25) is 0 Å². The number of halogens is 1. The molecular formula is C12H16FN3O. The van der Waals surface area contributed by atoms with Crippen molar-refractivity contribution >= 4 is 11.7 Å². The molecule has 1 saturated heterocycles. The molecule has 1 aromatic rings. The van der Waals surface area contributed by atoms with Crippen molar-refractivity contribution in [3.8, 4) is 0 Å². The number of benzene rings is 1. The summed E-state index contributed by atoms with van der Waals surface area (Å²) in [5.41, 5.74) is 0.487. The number of urea groups is 1. The molecule has 0 aromatic heterocycles. The summed E-state index contributed by atoms with van der Waals surface area (Å²) in [6.45, 7) is 4.23. The fourth-order valence-electron chi connectivity index (χ4n) is 1.90. The maximum atomic E-state index is 13.0. The minimum absolute atomic E-state index is 0.150. The summed E-state index contributed by atoms with van der Waals surface area (Å²) in [5, 5.41) is 5.91. The summed E-state index contributed by atoms with van der Waals surface area (Å²) >= 11 is 0. The first-order valence-corrected chi connectivity index (χ1v) is 5.71. The van der Waals surface area contributed by atoms with Gasteiger partial charge in [0.05, 0.1) is 0 Å². The Morgan fingerprint density at radius 3 is 3.12 bits per heavy atom. The van der Waals surface area contributed by atoms with Crippen molar-refractivity contribution in [1.29, 1.82) is 0 Å². The van der Waals surface area contributed by atoms with E-state index in [-0.39, 0.29) is 17.9 Å². The largest absolute Gasteiger partial charge is 0.322 e. The Bertz CT molecular complexity index is 410. The number of nitrogens with zero attached hydrogens (tertiary/aromatic N) is 1. The highest BCUT2D eigenvalue weighted by molar-refractivity contribution is 5.89. The van der Waals surface area contributed by atoms with Crippen LogP contribution in [0, 0.1) is 5.82 Å². The molecule has 2 amide bonds. The van der Waals surface area contributed by atoms with Crippen molar-refractivity contribution in [2.24, 2.45) is 0 Å². The van der Waals surface area contributed by atoms with Gasteiger partial charge in [0.1, 0.15) is 5.82 Å². The number of carbonyl (C=O) groups is 1. The average Bonchev–Trinajstić information content (AvgIpc) is 2.29. The van der Waals surface area contributed by atoms with E-state index in [0.29, 0.717) is 12.2 Å². The van der Waals surface area contributed by atoms with Crippen molar-refractivity contribution in [1.82, 2.24) is 10.2 Å². The van der Waals surface area contributed by atoms with E-state index in [1.165, 1.54) is 12.1 Å². The Labute approximate surface area is 99.8 Å². The number of piperazine rings is 1. The molecule has 0 saturated carbocycles. The molecule has 1 heterocycles. The van der Waals surface area contributed by atoms with Crippen LogP contribution in [0.2, 0.25) is 0 Å². The fourth-order valence-corrected chi connectivity index (χ4v) is 1.90. The van der Waals surface area contributed by atoms with Crippen molar-refractivity contribution in [2.75, 3.05) is 25.0 Å². The number of rotatable bonds is 1. The minimum Gasteiger partial charge on any atom is -0.319 e. The molecule has 1 fully saturated rings. The van der Waals surface area contributed by atoms with Gasteiger partial charge in [0.15, 0.2) is 0 Å². The van der Waals surface area contributed by atoms with Gasteiger partial charge >= 0.3 is 6.03 Å². The van der Waals surface area contributed by atoms with Crippen LogP contribution in [0.4, 0.5) is 14.9 Å². The van der Waals surface area contributed by atoms with Gasteiger partial charge in [0.25, 0.3) is 0 Å². The first-order valence-electron chi connectivity index (χ1n) is 5.71. The summed E-state index contributed by atoms with van der Waals surface area (Å²) in [6, 6.07) is 5.88. The third kappa shape index (κ3) is 2.94. The summed E-state index contributed by atoms with van der Waals surface area (Å²) < 4.78 is 13.0. The molecule has 1 aliphatic rings. The van der Waals surface area contributed by atoms with Crippen LogP contribution in [0.25, 0.3) is 0 Å². The van der Waals surface area contributed by atoms with Gasteiger partial charge in [-0.15, -0.1) is 0 Å². The highest BCUT2D eigenvalue weighted by atomic mass is 19.1. The highest BCUT2D eigenvalue weighted by Gasteiger charge is 2.22. The summed E-state index contributed by atoms with van der Waals surface area (Å²) in [5.74, 6) is -0.351. The van der Waals surface area contributed by atoms with E-state index in [2.05, 4.69) is 10.6 Å². The predicted molar refractivity (Wildman–Crippen MR) is 64.5 cm³/mol. The number of amides is 2. The molecule has 1 aromatic carbocycles. The second-order valence-electron chi connectivity index (χ2n) is 4.19. The van der Waals surface area contributed by atoms with Crippen LogP contribution in [-0.4, -0.2) is 36.6 Å². The van der Waals surface area contributed by atoms with Crippen molar-refractivity contribution in [3.63, 3.8) is 0 Å². The molecule has 2 rings (SSSR count). The van der Waals surface area contributed by atoms with Crippen LogP contribution in [0.1, 0.15) is 6.92 Å². The van der Waals surface area contributed by atoms with Gasteiger partial charge in [-0.05, 0) is 25.1 Å². The molecule has 92 valence electrons. The van der Waals surface area contributed by atoms with Gasteiger partial charge in [-0.2, -0.15) is 0 Å². The van der Waals surface area contributed by atoms with E-state index < -0.39 is 0 Å². The molecule has 0 radical (unpaired) electrons. The Kier molecular flexibility index (Phi) is 3.58. The molecule has 5 heteroatoms. The standard InChI is InChI=1S/C12H16FN3O/c1-9-8-14-5-6-16(9)12(17)15-11-4-2-3-10(13)7-11/h2-4,7,9,14H,5-6,8H2,1H3,(H,15,17)/t9-/m1/s1. The Hall–Kier alpha value is -1.62. The Morgan fingerprint density at radius 1 is 1.59 bits per heavy atom. The van der Waals surface area contributed by atoms with E-state index in [4.69, 9.17) is 0 Å². The van der Waals surface area contributed by atoms with Gasteiger partial charge in [0, 0.05) is 31.4 Å². The summed E-state index contributed by atoms with van der Waals surface area (Å²) in [4.78, 5) is 13.7. The lowest BCUT2D eigenvalue weighted by Gasteiger charge is -2.33.